The fraction of sp³-hybridized carbons (Fsp3) is 0.0625. The Hall–Kier alpha value is -2.65. The van der Waals surface area contributed by atoms with Crippen LogP contribution in [0.25, 0.3) is 21.7 Å². The molecule has 3 heterocycles. The summed E-state index contributed by atoms with van der Waals surface area (Å²) in [5.74, 6) is 0.524. The Bertz CT molecular complexity index is 1070. The first-order valence-electron chi connectivity index (χ1n) is 7.11. The summed E-state index contributed by atoms with van der Waals surface area (Å²) in [4.78, 5) is 13.2. The smallest absolute Gasteiger partial charge is 0.322 e. The average molecular weight is 420 g/mol. The maximum atomic E-state index is 12.4. The monoisotopic (exact) mass is 419 g/mol. The largest absolute Gasteiger partial charge is 0.493 e. The van der Waals surface area contributed by atoms with Crippen molar-refractivity contribution in [3.05, 3.63) is 45.9 Å². The second kappa shape index (κ2) is 6.34. The zero-order chi connectivity index (χ0) is 17.4. The Kier molecular flexibility index (Phi) is 4.02. The van der Waals surface area contributed by atoms with Gasteiger partial charge in [0.25, 0.3) is 11.8 Å². The van der Waals surface area contributed by atoms with Crippen molar-refractivity contribution in [2.45, 2.75) is 0 Å². The molecule has 0 saturated carbocycles. The summed E-state index contributed by atoms with van der Waals surface area (Å²) in [6.45, 7) is 0. The first-order chi connectivity index (χ1) is 12.1. The number of nitrogens with zero attached hydrogens (tertiary/aromatic N) is 2. The summed E-state index contributed by atoms with van der Waals surface area (Å²) < 4.78 is 17.2. The summed E-state index contributed by atoms with van der Waals surface area (Å²) in [6, 6.07) is 10.8. The highest BCUT2D eigenvalue weighted by atomic mass is 79.9. The molecule has 0 aliphatic heterocycles. The van der Waals surface area contributed by atoms with Crippen LogP contribution in [0.15, 0.2) is 49.0 Å². The van der Waals surface area contributed by atoms with Gasteiger partial charge in [0.2, 0.25) is 0 Å². The minimum absolute atomic E-state index is 0.00283. The summed E-state index contributed by atoms with van der Waals surface area (Å²) in [5.41, 5.74) is 0.504. The lowest BCUT2D eigenvalue weighted by Gasteiger charge is -1.98. The van der Waals surface area contributed by atoms with Crippen molar-refractivity contribution in [1.82, 2.24) is 10.2 Å². The van der Waals surface area contributed by atoms with E-state index in [2.05, 4.69) is 31.4 Å². The normalized spacial score (nSPS) is 11.0. The second-order valence-corrected chi connectivity index (χ2v) is 7.42. The number of methoxy groups -OCH3 is 1. The van der Waals surface area contributed by atoms with Gasteiger partial charge in [0.1, 0.15) is 0 Å². The summed E-state index contributed by atoms with van der Waals surface area (Å²) in [7, 11) is 1.54. The van der Waals surface area contributed by atoms with E-state index in [1.165, 1.54) is 11.3 Å². The molecule has 0 bridgehead atoms. The molecule has 0 aliphatic rings. The zero-order valence-electron chi connectivity index (χ0n) is 12.8. The van der Waals surface area contributed by atoms with Gasteiger partial charge >= 0.3 is 6.01 Å². The Morgan fingerprint density at radius 2 is 2.12 bits per heavy atom. The molecule has 3 aromatic heterocycles. The van der Waals surface area contributed by atoms with Crippen molar-refractivity contribution in [2.24, 2.45) is 0 Å². The predicted octanol–water partition coefficient (Wildman–Crippen LogP) is 4.57. The van der Waals surface area contributed by atoms with Crippen LogP contribution in [0, 0.1) is 0 Å². The minimum atomic E-state index is -0.485. The first-order valence-corrected chi connectivity index (χ1v) is 8.72. The van der Waals surface area contributed by atoms with Gasteiger partial charge in [-0.1, -0.05) is 17.2 Å². The first kappa shape index (κ1) is 15.9. The fourth-order valence-corrected chi connectivity index (χ4v) is 3.58. The van der Waals surface area contributed by atoms with E-state index < -0.39 is 5.91 Å². The number of amides is 1. The van der Waals surface area contributed by atoms with Crippen molar-refractivity contribution in [1.29, 1.82) is 0 Å². The van der Waals surface area contributed by atoms with Crippen LogP contribution >= 0.6 is 27.3 Å². The fourth-order valence-electron chi connectivity index (χ4n) is 2.27. The third-order valence-corrected chi connectivity index (χ3v) is 4.99. The second-order valence-electron chi connectivity index (χ2n) is 4.96. The van der Waals surface area contributed by atoms with Gasteiger partial charge in [0.05, 0.1) is 15.8 Å². The number of ether oxygens (including phenoxy) is 1. The predicted molar refractivity (Wildman–Crippen MR) is 96.0 cm³/mol. The molecular weight excluding hydrogens is 410 g/mol. The van der Waals surface area contributed by atoms with Crippen molar-refractivity contribution < 1.29 is 18.4 Å². The molecule has 25 heavy (non-hydrogen) atoms. The third kappa shape index (κ3) is 3.03. The number of hydrogen-bond donors (Lipinski definition) is 1. The molecule has 0 unspecified atom stereocenters. The SMILES string of the molecule is COc1cccc2cc(C(=O)Nc3nnc(-c4ccc(Br)s4)o3)oc12. The van der Waals surface area contributed by atoms with E-state index in [1.54, 1.807) is 19.2 Å². The number of anilines is 1. The quantitative estimate of drug-likeness (QED) is 0.520. The minimum Gasteiger partial charge on any atom is -0.493 e. The molecule has 126 valence electrons. The van der Waals surface area contributed by atoms with E-state index in [0.29, 0.717) is 17.2 Å². The highest BCUT2D eigenvalue weighted by Crippen LogP contribution is 2.31. The molecule has 0 radical (unpaired) electrons. The molecule has 4 rings (SSSR count). The molecular formula is C16H10BrN3O4S. The van der Waals surface area contributed by atoms with Crippen LogP contribution in [0.5, 0.6) is 5.75 Å². The van der Waals surface area contributed by atoms with Gasteiger partial charge in [-0.3, -0.25) is 10.1 Å². The molecule has 1 aromatic carbocycles. The number of hydrogen-bond acceptors (Lipinski definition) is 7. The number of aromatic nitrogens is 2. The molecule has 0 aliphatic carbocycles. The zero-order valence-corrected chi connectivity index (χ0v) is 15.2. The molecule has 4 aromatic rings. The van der Waals surface area contributed by atoms with E-state index in [0.717, 1.165) is 14.0 Å². The lowest BCUT2D eigenvalue weighted by Crippen LogP contribution is -2.10. The number of fused-ring (bicyclic) bond motifs is 1. The van der Waals surface area contributed by atoms with Crippen molar-refractivity contribution in [3.63, 3.8) is 0 Å². The van der Waals surface area contributed by atoms with Gasteiger partial charge in [-0.2, -0.15) is 0 Å². The van der Waals surface area contributed by atoms with Crippen LogP contribution in [0.2, 0.25) is 0 Å². The van der Waals surface area contributed by atoms with E-state index in [-0.39, 0.29) is 11.8 Å². The van der Waals surface area contributed by atoms with Crippen molar-refractivity contribution in [2.75, 3.05) is 12.4 Å². The number of carbonyl (C=O) groups excluding carboxylic acids is 1. The Balaban J connectivity index is 1.57. The lowest BCUT2D eigenvalue weighted by molar-refractivity contribution is 0.0995. The van der Waals surface area contributed by atoms with Crippen LogP contribution in [-0.2, 0) is 0 Å². The topological polar surface area (TPSA) is 90.4 Å². The highest BCUT2D eigenvalue weighted by Gasteiger charge is 2.18. The molecule has 0 spiro atoms. The standard InChI is InChI=1S/C16H10BrN3O4S/c1-22-9-4-2-3-8-7-10(23-13(8)9)14(21)18-16-20-19-15(24-16)11-5-6-12(17)25-11/h2-7H,1H3,(H,18,20,21). The molecule has 7 nitrogen and oxygen atoms in total. The highest BCUT2D eigenvalue weighted by molar-refractivity contribution is 9.11. The average Bonchev–Trinajstić information content (AvgIpc) is 3.32. The lowest BCUT2D eigenvalue weighted by atomic mass is 10.2. The maximum absolute atomic E-state index is 12.4. The molecule has 0 fully saturated rings. The van der Waals surface area contributed by atoms with Crippen LogP contribution in [-0.4, -0.2) is 23.2 Å². The van der Waals surface area contributed by atoms with E-state index >= 15 is 0 Å². The number of carbonyl (C=O) groups is 1. The van der Waals surface area contributed by atoms with Gasteiger partial charge in [0.15, 0.2) is 17.1 Å². The molecule has 0 atom stereocenters. The summed E-state index contributed by atoms with van der Waals surface area (Å²) in [5, 5.41) is 11.1. The molecule has 1 N–H and O–H groups in total. The molecule has 1 amide bonds. The van der Waals surface area contributed by atoms with Crippen LogP contribution < -0.4 is 10.1 Å². The Labute approximate surface area is 153 Å². The van der Waals surface area contributed by atoms with Gasteiger partial charge in [-0.25, -0.2) is 0 Å². The van der Waals surface area contributed by atoms with E-state index in [9.17, 15) is 4.79 Å². The van der Waals surface area contributed by atoms with E-state index in [4.69, 9.17) is 13.6 Å². The van der Waals surface area contributed by atoms with Crippen molar-refractivity contribution in [3.8, 4) is 16.5 Å². The van der Waals surface area contributed by atoms with E-state index in [1.807, 2.05) is 24.3 Å². The van der Waals surface area contributed by atoms with Crippen LogP contribution in [0.3, 0.4) is 0 Å². The van der Waals surface area contributed by atoms with Crippen LogP contribution in [0.4, 0.5) is 6.01 Å². The Morgan fingerprint density at radius 3 is 2.88 bits per heavy atom. The molecule has 0 saturated heterocycles. The van der Waals surface area contributed by atoms with Gasteiger partial charge < -0.3 is 13.6 Å². The number of para-hydroxylation sites is 1. The number of nitrogens with one attached hydrogen (secondary N) is 1. The third-order valence-electron chi connectivity index (χ3n) is 3.38. The summed E-state index contributed by atoms with van der Waals surface area (Å²) >= 11 is 4.82. The van der Waals surface area contributed by atoms with Gasteiger partial charge in [-0.15, -0.1) is 16.4 Å². The van der Waals surface area contributed by atoms with Crippen LogP contribution in [0.1, 0.15) is 10.6 Å². The number of thiophene rings is 1. The number of furan rings is 1. The number of rotatable bonds is 4. The summed E-state index contributed by atoms with van der Waals surface area (Å²) in [6.07, 6.45) is 0. The number of halogens is 1. The van der Waals surface area contributed by atoms with Gasteiger partial charge in [0, 0.05) is 5.39 Å². The maximum Gasteiger partial charge on any atom is 0.322 e. The van der Waals surface area contributed by atoms with Gasteiger partial charge in [-0.05, 0) is 40.2 Å². The Morgan fingerprint density at radius 1 is 1.24 bits per heavy atom. The number of benzene rings is 1. The molecule has 9 heteroatoms. The van der Waals surface area contributed by atoms with Crippen molar-refractivity contribution >= 4 is 50.2 Å².